The van der Waals surface area contributed by atoms with Gasteiger partial charge < -0.3 is 0 Å². The van der Waals surface area contributed by atoms with E-state index in [2.05, 4.69) is 50.8 Å². The lowest BCUT2D eigenvalue weighted by Crippen LogP contribution is -1.84. The van der Waals surface area contributed by atoms with Crippen LogP contribution in [0.2, 0.25) is 0 Å². The molecule has 2 rings (SSSR count). The van der Waals surface area contributed by atoms with Crippen molar-refractivity contribution in [1.29, 1.82) is 0 Å². The molecule has 0 spiro atoms. The highest BCUT2D eigenvalue weighted by Crippen LogP contribution is 2.23. The zero-order valence-corrected chi connectivity index (χ0v) is 8.67. The van der Waals surface area contributed by atoms with E-state index in [9.17, 15) is 0 Å². The quantitative estimate of drug-likeness (QED) is 0.623. The largest absolute Gasteiger partial charge is 0.0984 e. The number of benzene rings is 2. The Morgan fingerprint density at radius 1 is 1.07 bits per heavy atom. The number of rotatable bonds is 1. The van der Waals surface area contributed by atoms with Crippen LogP contribution in [0.1, 0.15) is 16.7 Å². The van der Waals surface area contributed by atoms with E-state index in [0.717, 1.165) is 0 Å². The first-order chi connectivity index (χ1) is 6.72. The maximum absolute atomic E-state index is 3.86. The smallest absolute Gasteiger partial charge is 0.0109 e. The van der Waals surface area contributed by atoms with E-state index in [1.807, 2.05) is 6.08 Å². The Bertz CT molecular complexity index is 493. The number of hydrogen-bond donors (Lipinski definition) is 0. The second kappa shape index (κ2) is 3.30. The van der Waals surface area contributed by atoms with E-state index in [4.69, 9.17) is 0 Å². The zero-order chi connectivity index (χ0) is 10.1. The first kappa shape index (κ1) is 9.01. The average Bonchev–Trinajstić information content (AvgIpc) is 2.18. The first-order valence-electron chi connectivity index (χ1n) is 4.85. The lowest BCUT2D eigenvalue weighted by molar-refractivity contribution is 1.46. The lowest BCUT2D eigenvalue weighted by atomic mass is 9.98. The van der Waals surface area contributed by atoms with Crippen LogP contribution >= 0.6 is 0 Å². The molecule has 0 amide bonds. The van der Waals surface area contributed by atoms with E-state index >= 15 is 0 Å². The molecule has 0 saturated heterocycles. The van der Waals surface area contributed by atoms with Crippen molar-refractivity contribution in [2.45, 2.75) is 13.8 Å². The molecule has 0 heteroatoms. The predicted octanol–water partition coefficient (Wildman–Crippen LogP) is 4.10. The number of fused-ring (bicyclic) bond motifs is 1. The predicted molar refractivity (Wildman–Crippen MR) is 63.5 cm³/mol. The molecule has 0 aromatic heterocycles. The summed E-state index contributed by atoms with van der Waals surface area (Å²) in [7, 11) is 0. The minimum atomic E-state index is 1.25. The third-order valence-electron chi connectivity index (χ3n) is 2.64. The summed E-state index contributed by atoms with van der Waals surface area (Å²) in [6.45, 7) is 8.10. The third kappa shape index (κ3) is 1.33. The molecule has 0 nitrogen and oxygen atoms in total. The summed E-state index contributed by atoms with van der Waals surface area (Å²) >= 11 is 0. The van der Waals surface area contributed by atoms with Crippen molar-refractivity contribution in [2.24, 2.45) is 0 Å². The lowest BCUT2D eigenvalue weighted by Gasteiger charge is -2.06. The molecule has 0 radical (unpaired) electrons. The van der Waals surface area contributed by atoms with Gasteiger partial charge in [-0.05, 0) is 35.7 Å². The normalized spacial score (nSPS) is 10.4. The fraction of sp³-hybridized carbons (Fsp3) is 0.143. The summed E-state index contributed by atoms with van der Waals surface area (Å²) in [5.74, 6) is 0. The fourth-order valence-electron chi connectivity index (χ4n) is 1.85. The molecular weight excluding hydrogens is 168 g/mol. The highest BCUT2D eigenvalue weighted by molar-refractivity contribution is 5.92. The van der Waals surface area contributed by atoms with E-state index in [0.29, 0.717) is 0 Å². The molecule has 70 valence electrons. The van der Waals surface area contributed by atoms with Gasteiger partial charge in [0, 0.05) is 0 Å². The van der Waals surface area contributed by atoms with Crippen molar-refractivity contribution in [1.82, 2.24) is 0 Å². The van der Waals surface area contributed by atoms with Gasteiger partial charge in [0.2, 0.25) is 0 Å². The van der Waals surface area contributed by atoms with Crippen molar-refractivity contribution in [2.75, 3.05) is 0 Å². The van der Waals surface area contributed by atoms with Crippen molar-refractivity contribution < 1.29 is 0 Å². The summed E-state index contributed by atoms with van der Waals surface area (Å²) in [6.07, 6.45) is 1.94. The van der Waals surface area contributed by atoms with Gasteiger partial charge in [-0.25, -0.2) is 0 Å². The van der Waals surface area contributed by atoms with Gasteiger partial charge in [0.05, 0.1) is 0 Å². The number of aryl methyl sites for hydroxylation is 2. The maximum Gasteiger partial charge on any atom is -0.0109 e. The highest BCUT2D eigenvalue weighted by atomic mass is 14.0. The van der Waals surface area contributed by atoms with Crippen molar-refractivity contribution in [3.8, 4) is 0 Å². The Morgan fingerprint density at radius 2 is 1.86 bits per heavy atom. The van der Waals surface area contributed by atoms with Crippen molar-refractivity contribution in [3.05, 3.63) is 53.6 Å². The summed E-state index contributed by atoms with van der Waals surface area (Å²) in [5, 5.41) is 2.59. The topological polar surface area (TPSA) is 0 Å². The molecule has 0 fully saturated rings. The number of hydrogen-bond acceptors (Lipinski definition) is 0. The fourth-order valence-corrected chi connectivity index (χ4v) is 1.85. The van der Waals surface area contributed by atoms with Gasteiger partial charge in [-0.1, -0.05) is 48.6 Å². The van der Waals surface area contributed by atoms with Crippen molar-refractivity contribution >= 4 is 16.8 Å². The minimum Gasteiger partial charge on any atom is -0.0984 e. The van der Waals surface area contributed by atoms with E-state index in [1.165, 1.54) is 27.5 Å². The molecule has 0 N–H and O–H groups in total. The van der Waals surface area contributed by atoms with Gasteiger partial charge in [-0.15, -0.1) is 0 Å². The Labute approximate surface area is 84.9 Å². The molecule has 0 bridgehead atoms. The molecule has 0 unspecified atom stereocenters. The van der Waals surface area contributed by atoms with Gasteiger partial charge in [0.25, 0.3) is 0 Å². The minimum absolute atomic E-state index is 1.25. The standard InChI is InChI=1S/C14H14/c1-4-13-11(3)6-7-12-9-10(2)5-8-14(12)13/h4-9H,1H2,2-3H3. The molecule has 0 aliphatic carbocycles. The Balaban J connectivity index is 2.88. The molecule has 0 saturated carbocycles. The van der Waals surface area contributed by atoms with Crippen LogP contribution in [-0.2, 0) is 0 Å². The summed E-state index contributed by atoms with van der Waals surface area (Å²) in [6, 6.07) is 10.9. The Kier molecular flexibility index (Phi) is 2.12. The molecule has 0 atom stereocenters. The van der Waals surface area contributed by atoms with Gasteiger partial charge in [-0.2, -0.15) is 0 Å². The molecular formula is C14H14. The maximum atomic E-state index is 3.86. The Hall–Kier alpha value is -1.56. The van der Waals surface area contributed by atoms with E-state index < -0.39 is 0 Å². The van der Waals surface area contributed by atoms with Crippen LogP contribution in [0, 0.1) is 13.8 Å². The SMILES string of the molecule is C=Cc1c(C)ccc2cc(C)ccc12. The summed E-state index contributed by atoms with van der Waals surface area (Å²) < 4.78 is 0. The molecule has 14 heavy (non-hydrogen) atoms. The van der Waals surface area contributed by atoms with Crippen LogP contribution < -0.4 is 0 Å². The van der Waals surface area contributed by atoms with Crippen molar-refractivity contribution in [3.63, 3.8) is 0 Å². The monoisotopic (exact) mass is 182 g/mol. The van der Waals surface area contributed by atoms with Gasteiger partial charge >= 0.3 is 0 Å². The average molecular weight is 182 g/mol. The first-order valence-corrected chi connectivity index (χ1v) is 4.85. The van der Waals surface area contributed by atoms with Gasteiger partial charge in [0.15, 0.2) is 0 Å². The third-order valence-corrected chi connectivity index (χ3v) is 2.64. The summed E-state index contributed by atoms with van der Waals surface area (Å²) in [4.78, 5) is 0. The van der Waals surface area contributed by atoms with Gasteiger partial charge in [-0.3, -0.25) is 0 Å². The van der Waals surface area contributed by atoms with E-state index in [-0.39, 0.29) is 0 Å². The van der Waals surface area contributed by atoms with Crippen LogP contribution in [0.4, 0.5) is 0 Å². The van der Waals surface area contributed by atoms with Crippen LogP contribution in [0.15, 0.2) is 36.9 Å². The van der Waals surface area contributed by atoms with Crippen LogP contribution in [0.25, 0.3) is 16.8 Å². The molecule has 0 heterocycles. The highest BCUT2D eigenvalue weighted by Gasteiger charge is 2.00. The van der Waals surface area contributed by atoms with Crippen LogP contribution in [0.5, 0.6) is 0 Å². The molecule has 2 aromatic rings. The van der Waals surface area contributed by atoms with Gasteiger partial charge in [0.1, 0.15) is 0 Å². The zero-order valence-electron chi connectivity index (χ0n) is 8.67. The van der Waals surface area contributed by atoms with E-state index in [1.54, 1.807) is 0 Å². The molecule has 0 aliphatic rings. The second-order valence-electron chi connectivity index (χ2n) is 3.72. The summed E-state index contributed by atoms with van der Waals surface area (Å²) in [5.41, 5.74) is 3.84. The second-order valence-corrected chi connectivity index (χ2v) is 3.72. The van der Waals surface area contributed by atoms with Crippen LogP contribution in [0.3, 0.4) is 0 Å². The molecule has 0 aliphatic heterocycles. The Morgan fingerprint density at radius 3 is 2.57 bits per heavy atom. The van der Waals surface area contributed by atoms with Crippen LogP contribution in [-0.4, -0.2) is 0 Å². The molecule has 2 aromatic carbocycles.